The van der Waals surface area contributed by atoms with Gasteiger partial charge in [-0.05, 0) is 0 Å². The first kappa shape index (κ1) is 12.0. The number of H-pyrrole nitrogens is 1. The summed E-state index contributed by atoms with van der Waals surface area (Å²) in [5, 5.41) is 14.7. The number of nitrogens with zero attached hydrogens (tertiary/aromatic N) is 4. The topological polar surface area (TPSA) is 86.8 Å². The van der Waals surface area contributed by atoms with Gasteiger partial charge in [-0.2, -0.15) is 15.4 Å². The van der Waals surface area contributed by atoms with Gasteiger partial charge in [-0.25, -0.2) is 4.98 Å². The molecule has 0 unspecified atom stereocenters. The van der Waals surface area contributed by atoms with Crippen molar-refractivity contribution >= 4 is 17.2 Å². The van der Waals surface area contributed by atoms with Crippen LogP contribution >= 0.6 is 11.3 Å². The van der Waals surface area contributed by atoms with Crippen LogP contribution in [0.3, 0.4) is 0 Å². The van der Waals surface area contributed by atoms with Gasteiger partial charge < -0.3 is 10.2 Å². The van der Waals surface area contributed by atoms with Crippen molar-refractivity contribution in [1.82, 2.24) is 30.6 Å². The molecule has 0 radical (unpaired) electrons. The Morgan fingerprint density at radius 1 is 1.20 bits per heavy atom. The van der Waals surface area contributed by atoms with Crippen LogP contribution in [0.2, 0.25) is 0 Å². The van der Waals surface area contributed by atoms with E-state index in [1.54, 1.807) is 0 Å². The second-order valence-corrected chi connectivity index (χ2v) is 6.09. The lowest BCUT2D eigenvalue weighted by Gasteiger charge is -2.24. The summed E-state index contributed by atoms with van der Waals surface area (Å²) in [4.78, 5) is 20.1. The zero-order valence-electron chi connectivity index (χ0n) is 10.8. The maximum atomic E-state index is 12.5. The highest BCUT2D eigenvalue weighted by molar-refractivity contribution is 7.13. The van der Waals surface area contributed by atoms with Gasteiger partial charge in [0.05, 0.1) is 17.9 Å². The molecule has 2 aliphatic heterocycles. The minimum atomic E-state index is 0.0121. The van der Waals surface area contributed by atoms with Gasteiger partial charge in [-0.15, -0.1) is 11.3 Å². The van der Waals surface area contributed by atoms with Crippen LogP contribution in [0.1, 0.15) is 31.8 Å². The molecule has 4 rings (SSSR count). The third-order valence-electron chi connectivity index (χ3n) is 3.73. The van der Waals surface area contributed by atoms with Crippen LogP contribution < -0.4 is 5.32 Å². The van der Waals surface area contributed by atoms with Crippen LogP contribution in [0.15, 0.2) is 0 Å². The monoisotopic (exact) mass is 290 g/mol. The summed E-state index contributed by atoms with van der Waals surface area (Å²) >= 11 is 1.51. The van der Waals surface area contributed by atoms with Crippen molar-refractivity contribution < 1.29 is 4.79 Å². The third kappa shape index (κ3) is 1.92. The molecule has 0 saturated heterocycles. The number of hydrogen-bond donors (Lipinski definition) is 2. The molecule has 0 aliphatic carbocycles. The zero-order valence-corrected chi connectivity index (χ0v) is 11.7. The molecule has 0 bridgehead atoms. The van der Waals surface area contributed by atoms with Gasteiger partial charge >= 0.3 is 0 Å². The minimum absolute atomic E-state index is 0.0121. The largest absolute Gasteiger partial charge is 0.330 e. The fourth-order valence-electron chi connectivity index (χ4n) is 2.63. The Morgan fingerprint density at radius 3 is 3.00 bits per heavy atom. The molecule has 2 aromatic rings. The predicted molar refractivity (Wildman–Crippen MR) is 72.4 cm³/mol. The molecule has 4 heterocycles. The number of nitrogens with one attached hydrogen (secondary N) is 2. The Hall–Kier alpha value is -1.80. The Kier molecular flexibility index (Phi) is 2.78. The molecule has 0 spiro atoms. The van der Waals surface area contributed by atoms with E-state index in [2.05, 4.69) is 25.7 Å². The van der Waals surface area contributed by atoms with Gasteiger partial charge in [-0.3, -0.25) is 4.79 Å². The minimum Gasteiger partial charge on any atom is -0.330 e. The van der Waals surface area contributed by atoms with E-state index >= 15 is 0 Å². The molecule has 0 atom stereocenters. The molecular formula is C12H14N6OS. The molecular weight excluding hydrogens is 276 g/mol. The number of amides is 1. The molecule has 0 fully saturated rings. The molecule has 7 nitrogen and oxygen atoms in total. The first-order chi connectivity index (χ1) is 9.81. The summed E-state index contributed by atoms with van der Waals surface area (Å²) in [6.07, 6.45) is 1.66. The second-order valence-electron chi connectivity index (χ2n) is 5.01. The molecule has 1 amide bonds. The highest BCUT2D eigenvalue weighted by Crippen LogP contribution is 2.24. The Morgan fingerprint density at radius 2 is 2.10 bits per heavy atom. The van der Waals surface area contributed by atoms with E-state index in [9.17, 15) is 4.79 Å². The van der Waals surface area contributed by atoms with Crippen molar-refractivity contribution in [3.05, 3.63) is 27.0 Å². The maximum Gasteiger partial charge on any atom is 0.283 e. The van der Waals surface area contributed by atoms with Crippen LogP contribution in [0.4, 0.5) is 0 Å². The number of aromatic amines is 1. The number of rotatable bonds is 1. The first-order valence-electron chi connectivity index (χ1n) is 6.68. The summed E-state index contributed by atoms with van der Waals surface area (Å²) in [6.45, 7) is 2.97. The normalized spacial score (nSPS) is 17.7. The van der Waals surface area contributed by atoms with Crippen molar-refractivity contribution in [2.45, 2.75) is 25.9 Å². The summed E-state index contributed by atoms with van der Waals surface area (Å²) in [5.41, 5.74) is 2.92. The summed E-state index contributed by atoms with van der Waals surface area (Å²) in [6, 6.07) is 0. The van der Waals surface area contributed by atoms with Crippen LogP contribution in [0.25, 0.3) is 0 Å². The van der Waals surface area contributed by atoms with Crippen LogP contribution in [0.5, 0.6) is 0 Å². The molecule has 104 valence electrons. The average molecular weight is 290 g/mol. The van der Waals surface area contributed by atoms with Gasteiger partial charge in [0.2, 0.25) is 0 Å². The summed E-state index contributed by atoms with van der Waals surface area (Å²) in [7, 11) is 0. The van der Waals surface area contributed by atoms with Crippen molar-refractivity contribution in [2.75, 3.05) is 13.1 Å². The van der Waals surface area contributed by atoms with Gasteiger partial charge in [0.15, 0.2) is 5.01 Å². The van der Waals surface area contributed by atoms with E-state index in [-0.39, 0.29) is 5.91 Å². The summed E-state index contributed by atoms with van der Waals surface area (Å²) < 4.78 is 0. The molecule has 0 saturated carbocycles. The van der Waals surface area contributed by atoms with E-state index in [4.69, 9.17) is 0 Å². The highest BCUT2D eigenvalue weighted by atomic mass is 32.1. The van der Waals surface area contributed by atoms with Gasteiger partial charge in [0.1, 0.15) is 5.69 Å². The lowest BCUT2D eigenvalue weighted by molar-refractivity contribution is 0.0731. The van der Waals surface area contributed by atoms with Gasteiger partial charge in [-0.1, -0.05) is 0 Å². The van der Waals surface area contributed by atoms with Gasteiger partial charge in [0, 0.05) is 37.4 Å². The Balaban J connectivity index is 1.57. The SMILES string of the molecule is O=C(c1nc2c(s1)CNCC2)N1CCc2n[nH]nc2C1. The van der Waals surface area contributed by atoms with E-state index in [0.29, 0.717) is 18.1 Å². The highest BCUT2D eigenvalue weighted by Gasteiger charge is 2.27. The maximum absolute atomic E-state index is 12.5. The molecule has 2 aliphatic rings. The van der Waals surface area contributed by atoms with Crippen molar-refractivity contribution in [2.24, 2.45) is 0 Å². The van der Waals surface area contributed by atoms with Crippen molar-refractivity contribution in [1.29, 1.82) is 0 Å². The molecule has 2 N–H and O–H groups in total. The Labute approximate surface area is 119 Å². The quantitative estimate of drug-likeness (QED) is 0.778. The molecule has 2 aromatic heterocycles. The third-order valence-corrected chi connectivity index (χ3v) is 4.82. The van der Waals surface area contributed by atoms with E-state index in [1.165, 1.54) is 16.2 Å². The van der Waals surface area contributed by atoms with Crippen LogP contribution in [0, 0.1) is 0 Å². The van der Waals surface area contributed by atoms with Crippen molar-refractivity contribution in [3.8, 4) is 0 Å². The van der Waals surface area contributed by atoms with E-state index in [1.807, 2.05) is 4.90 Å². The van der Waals surface area contributed by atoms with Crippen LogP contribution in [-0.4, -0.2) is 44.3 Å². The first-order valence-corrected chi connectivity index (χ1v) is 7.50. The number of aromatic nitrogens is 4. The Bertz CT molecular complexity index is 639. The standard InChI is InChI=1S/C12H14N6OS/c19-12(11-14-8-1-3-13-5-10(8)20-11)18-4-2-7-9(6-18)16-17-15-7/h13H,1-6H2,(H,15,16,17). The zero-order chi connectivity index (χ0) is 13.5. The lowest BCUT2D eigenvalue weighted by Crippen LogP contribution is -2.36. The smallest absolute Gasteiger partial charge is 0.283 e. The number of carbonyl (C=O) groups is 1. The molecule has 8 heteroatoms. The second kappa shape index (κ2) is 4.64. The van der Waals surface area contributed by atoms with Crippen LogP contribution in [-0.2, 0) is 25.9 Å². The van der Waals surface area contributed by atoms with Crippen molar-refractivity contribution in [3.63, 3.8) is 0 Å². The molecule has 0 aromatic carbocycles. The average Bonchev–Trinajstić information content (AvgIpc) is 3.11. The van der Waals surface area contributed by atoms with Gasteiger partial charge in [0.25, 0.3) is 5.91 Å². The fourth-order valence-corrected chi connectivity index (χ4v) is 3.67. The number of hydrogen-bond acceptors (Lipinski definition) is 6. The number of carbonyl (C=O) groups excluding carboxylic acids is 1. The van der Waals surface area contributed by atoms with E-state index in [0.717, 1.165) is 43.0 Å². The predicted octanol–water partition coefficient (Wildman–Crippen LogP) is 0.105. The number of thiazole rings is 1. The van der Waals surface area contributed by atoms with E-state index < -0.39 is 0 Å². The summed E-state index contributed by atoms with van der Waals surface area (Å²) in [5.74, 6) is 0.0121. The lowest BCUT2D eigenvalue weighted by atomic mass is 10.1. The fraction of sp³-hybridized carbons (Fsp3) is 0.500. The number of fused-ring (bicyclic) bond motifs is 2. The molecule has 20 heavy (non-hydrogen) atoms.